The molecule has 0 aromatic rings. The first-order valence-corrected chi connectivity index (χ1v) is 5.76. The quantitative estimate of drug-likeness (QED) is 0.395. The van der Waals surface area contributed by atoms with Gasteiger partial charge >= 0.3 is 5.97 Å². The summed E-state index contributed by atoms with van der Waals surface area (Å²) in [4.78, 5) is 11.4. The number of allylic oxidation sites excluding steroid dienone is 1. The van der Waals surface area contributed by atoms with Crippen LogP contribution in [0.15, 0.2) is 12.2 Å². The van der Waals surface area contributed by atoms with Crippen LogP contribution in [0.4, 0.5) is 0 Å². The van der Waals surface area contributed by atoms with Gasteiger partial charge in [-0.3, -0.25) is 4.79 Å². The summed E-state index contributed by atoms with van der Waals surface area (Å²) >= 11 is 0. The van der Waals surface area contributed by atoms with Gasteiger partial charge in [-0.05, 0) is 52.4 Å². The fraction of sp³-hybridized carbons (Fsp3) is 0.769. The summed E-state index contributed by atoms with van der Waals surface area (Å²) in [6.07, 6.45) is 4.54. The van der Waals surface area contributed by atoms with Gasteiger partial charge in [0, 0.05) is 0 Å². The number of esters is 1. The van der Waals surface area contributed by atoms with E-state index in [0.717, 1.165) is 18.8 Å². The molecule has 1 aliphatic carbocycles. The highest BCUT2D eigenvalue weighted by Crippen LogP contribution is 2.39. The first-order valence-electron chi connectivity index (χ1n) is 5.76. The minimum Gasteiger partial charge on any atom is -0.465 e. The Labute approximate surface area is 92.7 Å². The van der Waals surface area contributed by atoms with E-state index >= 15 is 0 Å². The lowest BCUT2D eigenvalue weighted by Gasteiger charge is -2.16. The topological polar surface area (TPSA) is 26.3 Å². The van der Waals surface area contributed by atoms with Gasteiger partial charge < -0.3 is 4.74 Å². The van der Waals surface area contributed by atoms with E-state index in [4.69, 9.17) is 4.74 Å². The van der Waals surface area contributed by atoms with Crippen LogP contribution in [0.2, 0.25) is 0 Å². The monoisotopic (exact) mass is 210 g/mol. The third-order valence-corrected chi connectivity index (χ3v) is 2.72. The van der Waals surface area contributed by atoms with Crippen molar-refractivity contribution < 1.29 is 9.53 Å². The van der Waals surface area contributed by atoms with Gasteiger partial charge in [0.2, 0.25) is 0 Å². The summed E-state index contributed by atoms with van der Waals surface area (Å²) in [6.45, 7) is 10.1. The van der Waals surface area contributed by atoms with Gasteiger partial charge in [-0.15, -0.1) is 0 Å². The number of hydrogen-bond donors (Lipinski definition) is 0. The van der Waals surface area contributed by atoms with Crippen LogP contribution in [0.1, 0.15) is 46.5 Å². The molecular weight excluding hydrogens is 188 g/mol. The number of carbonyl (C=O) groups excluding carboxylic acids is 1. The molecule has 0 N–H and O–H groups in total. The van der Waals surface area contributed by atoms with Crippen molar-refractivity contribution in [3.8, 4) is 0 Å². The van der Waals surface area contributed by atoms with Crippen LogP contribution in [0.3, 0.4) is 0 Å². The Morgan fingerprint density at radius 1 is 1.47 bits per heavy atom. The molecule has 0 bridgehead atoms. The van der Waals surface area contributed by atoms with Gasteiger partial charge in [0.05, 0.1) is 12.0 Å². The smallest absolute Gasteiger partial charge is 0.311 e. The van der Waals surface area contributed by atoms with Crippen molar-refractivity contribution in [3.63, 3.8) is 0 Å². The van der Waals surface area contributed by atoms with E-state index in [-0.39, 0.29) is 11.4 Å². The van der Waals surface area contributed by atoms with Crippen molar-refractivity contribution in [1.82, 2.24) is 0 Å². The number of ether oxygens (including phenoxy) is 1. The van der Waals surface area contributed by atoms with Gasteiger partial charge in [-0.25, -0.2) is 0 Å². The highest BCUT2D eigenvalue weighted by Gasteiger charge is 2.26. The van der Waals surface area contributed by atoms with E-state index in [1.165, 1.54) is 18.4 Å². The predicted octanol–water partition coefficient (Wildman–Crippen LogP) is 3.32. The normalized spacial score (nSPS) is 20.2. The number of unbranched alkanes of at least 4 members (excludes halogenated alkanes) is 1. The zero-order valence-electron chi connectivity index (χ0n) is 10.1. The van der Waals surface area contributed by atoms with Crippen molar-refractivity contribution in [2.75, 3.05) is 6.61 Å². The van der Waals surface area contributed by atoms with Crippen molar-refractivity contribution >= 4 is 5.97 Å². The number of rotatable bonds is 5. The summed E-state index contributed by atoms with van der Waals surface area (Å²) in [5, 5.41) is 0. The van der Waals surface area contributed by atoms with Crippen LogP contribution in [0.25, 0.3) is 0 Å². The maximum absolute atomic E-state index is 11.4. The Bertz CT molecular complexity index is 248. The summed E-state index contributed by atoms with van der Waals surface area (Å²) < 4.78 is 5.17. The van der Waals surface area contributed by atoms with Gasteiger partial charge in [-0.2, -0.15) is 0 Å². The molecule has 2 nitrogen and oxygen atoms in total. The summed E-state index contributed by atoms with van der Waals surface area (Å²) in [7, 11) is 0. The molecule has 0 saturated heterocycles. The molecule has 0 aliphatic heterocycles. The molecule has 0 aromatic heterocycles. The zero-order chi connectivity index (χ0) is 11.5. The molecule has 0 amide bonds. The second kappa shape index (κ2) is 4.82. The van der Waals surface area contributed by atoms with Crippen LogP contribution < -0.4 is 0 Å². The molecule has 15 heavy (non-hydrogen) atoms. The lowest BCUT2D eigenvalue weighted by atomic mass is 9.97. The Hall–Kier alpha value is -0.790. The molecule has 0 radical (unpaired) electrons. The zero-order valence-corrected chi connectivity index (χ0v) is 10.1. The standard InChI is InChI=1S/C13H22O2/c1-10-9-11(10)7-5-6-8-15-12(14)13(2,3)4/h11H,1,5-9H2,2-4H3. The first kappa shape index (κ1) is 12.3. The van der Waals surface area contributed by atoms with E-state index in [0.29, 0.717) is 6.61 Å². The average Bonchev–Trinajstić information content (AvgIpc) is 2.79. The summed E-state index contributed by atoms with van der Waals surface area (Å²) in [5.74, 6) is 0.668. The average molecular weight is 210 g/mol. The van der Waals surface area contributed by atoms with Crippen LogP contribution in [-0.2, 0) is 9.53 Å². The van der Waals surface area contributed by atoms with Gasteiger partial charge in [0.25, 0.3) is 0 Å². The lowest BCUT2D eigenvalue weighted by Crippen LogP contribution is -2.23. The third-order valence-electron chi connectivity index (χ3n) is 2.72. The molecule has 1 fully saturated rings. The minimum atomic E-state index is -0.370. The Kier molecular flexibility index (Phi) is 3.95. The maximum atomic E-state index is 11.4. The first-order chi connectivity index (χ1) is 6.91. The highest BCUT2D eigenvalue weighted by molar-refractivity contribution is 5.75. The van der Waals surface area contributed by atoms with Crippen molar-refractivity contribution in [2.24, 2.45) is 11.3 Å². The molecule has 0 spiro atoms. The van der Waals surface area contributed by atoms with Gasteiger partial charge in [0.15, 0.2) is 0 Å². The van der Waals surface area contributed by atoms with E-state index in [1.807, 2.05) is 20.8 Å². The predicted molar refractivity (Wildman–Crippen MR) is 61.5 cm³/mol. The molecular formula is C13H22O2. The summed E-state index contributed by atoms with van der Waals surface area (Å²) in [6, 6.07) is 0. The largest absolute Gasteiger partial charge is 0.465 e. The second-order valence-corrected chi connectivity index (χ2v) is 5.44. The van der Waals surface area contributed by atoms with Crippen LogP contribution in [0, 0.1) is 11.3 Å². The minimum absolute atomic E-state index is 0.0988. The van der Waals surface area contributed by atoms with Crippen molar-refractivity contribution in [1.29, 1.82) is 0 Å². The molecule has 0 heterocycles. The highest BCUT2D eigenvalue weighted by atomic mass is 16.5. The SMILES string of the molecule is C=C1CC1CCCCOC(=O)C(C)(C)C. The Morgan fingerprint density at radius 2 is 2.07 bits per heavy atom. The van der Waals surface area contributed by atoms with Crippen molar-refractivity contribution in [2.45, 2.75) is 46.5 Å². The van der Waals surface area contributed by atoms with Gasteiger partial charge in [-0.1, -0.05) is 12.2 Å². The van der Waals surface area contributed by atoms with E-state index in [1.54, 1.807) is 0 Å². The number of hydrogen-bond acceptors (Lipinski definition) is 2. The molecule has 1 unspecified atom stereocenters. The van der Waals surface area contributed by atoms with Crippen LogP contribution >= 0.6 is 0 Å². The molecule has 0 aromatic carbocycles. The Morgan fingerprint density at radius 3 is 2.53 bits per heavy atom. The molecule has 2 heteroatoms. The molecule has 1 atom stereocenters. The number of carbonyl (C=O) groups is 1. The van der Waals surface area contributed by atoms with Crippen LogP contribution in [0.5, 0.6) is 0 Å². The molecule has 86 valence electrons. The van der Waals surface area contributed by atoms with E-state index in [2.05, 4.69) is 6.58 Å². The lowest BCUT2D eigenvalue weighted by molar-refractivity contribution is -0.153. The second-order valence-electron chi connectivity index (χ2n) is 5.44. The van der Waals surface area contributed by atoms with Crippen molar-refractivity contribution in [3.05, 3.63) is 12.2 Å². The fourth-order valence-corrected chi connectivity index (χ4v) is 1.44. The van der Waals surface area contributed by atoms with E-state index < -0.39 is 0 Å². The third kappa shape index (κ3) is 4.50. The molecule has 1 saturated carbocycles. The molecule has 1 rings (SSSR count). The maximum Gasteiger partial charge on any atom is 0.311 e. The van der Waals surface area contributed by atoms with Gasteiger partial charge in [0.1, 0.15) is 0 Å². The summed E-state index contributed by atoms with van der Waals surface area (Å²) in [5.41, 5.74) is 1.02. The Balaban J connectivity index is 1.97. The fourth-order valence-electron chi connectivity index (χ4n) is 1.44. The molecule has 1 aliphatic rings. The van der Waals surface area contributed by atoms with Crippen LogP contribution in [-0.4, -0.2) is 12.6 Å². The van der Waals surface area contributed by atoms with E-state index in [9.17, 15) is 4.79 Å².